The molecule has 0 aliphatic carbocycles. The van der Waals surface area contributed by atoms with Crippen LogP contribution in [0.5, 0.6) is 0 Å². The summed E-state index contributed by atoms with van der Waals surface area (Å²) in [7, 11) is 0. The van der Waals surface area contributed by atoms with E-state index in [9.17, 15) is 0 Å². The quantitative estimate of drug-likeness (QED) is 0.179. The molecule has 0 unspecified atom stereocenters. The normalized spacial score (nSPS) is 10.7. The van der Waals surface area contributed by atoms with Crippen molar-refractivity contribution in [3.63, 3.8) is 0 Å². The average Bonchev–Trinajstić information content (AvgIpc) is 2.85. The largest absolute Gasteiger partial charge is 0.362 e. The molecule has 0 atom stereocenters. The number of aromatic nitrogens is 2. The van der Waals surface area contributed by atoms with Gasteiger partial charge in [0.15, 0.2) is 10.2 Å². The molecule has 4 N–H and O–H groups in total. The first-order chi connectivity index (χ1) is 16.7. The first-order valence-corrected chi connectivity index (χ1v) is 12.3. The Morgan fingerprint density at radius 1 is 0.559 bits per heavy atom. The monoisotopic (exact) mass is 488 g/mol. The minimum absolute atomic E-state index is 0.600. The summed E-state index contributed by atoms with van der Waals surface area (Å²) in [4.78, 5) is 9.16. The molecule has 0 aliphatic heterocycles. The van der Waals surface area contributed by atoms with Crippen molar-refractivity contribution in [2.75, 3.05) is 23.7 Å². The summed E-state index contributed by atoms with van der Waals surface area (Å²) in [5.74, 6) is 1.51. The lowest BCUT2D eigenvalue weighted by atomic mass is 10.2. The molecule has 0 spiro atoms. The van der Waals surface area contributed by atoms with Crippen molar-refractivity contribution in [1.29, 1.82) is 0 Å². The molecular weight excluding hydrogens is 460 g/mol. The molecule has 0 amide bonds. The van der Waals surface area contributed by atoms with Gasteiger partial charge in [0.25, 0.3) is 0 Å². The van der Waals surface area contributed by atoms with Crippen LogP contribution in [-0.4, -0.2) is 33.3 Å². The summed E-state index contributed by atoms with van der Waals surface area (Å²) >= 11 is 10.8. The zero-order valence-electron chi connectivity index (χ0n) is 18.9. The second-order valence-electron chi connectivity index (χ2n) is 7.95. The average molecular weight is 489 g/mol. The fourth-order valence-corrected chi connectivity index (χ4v) is 4.01. The smallest absolute Gasteiger partial charge is 0.171 e. The molecular formula is C26H28N6S2. The third-order valence-corrected chi connectivity index (χ3v) is 5.85. The van der Waals surface area contributed by atoms with Crippen LogP contribution < -0.4 is 21.3 Å². The van der Waals surface area contributed by atoms with Crippen molar-refractivity contribution < 1.29 is 0 Å². The van der Waals surface area contributed by atoms with Gasteiger partial charge in [0.2, 0.25) is 0 Å². The summed E-state index contributed by atoms with van der Waals surface area (Å²) in [6, 6.07) is 24.0. The maximum absolute atomic E-state index is 5.39. The van der Waals surface area contributed by atoms with Crippen LogP contribution in [0, 0.1) is 0 Å². The molecule has 0 radical (unpaired) electrons. The third kappa shape index (κ3) is 7.07. The Kier molecular flexibility index (Phi) is 8.54. The Morgan fingerprint density at radius 2 is 1.00 bits per heavy atom. The molecule has 0 aliphatic rings. The van der Waals surface area contributed by atoms with Gasteiger partial charge < -0.3 is 21.3 Å². The van der Waals surface area contributed by atoms with Crippen LogP contribution >= 0.6 is 24.4 Å². The number of thiocarbonyl (C=S) groups is 2. The molecule has 2 heterocycles. The number of hydrogen-bond acceptors (Lipinski definition) is 4. The van der Waals surface area contributed by atoms with Gasteiger partial charge in [-0.3, -0.25) is 0 Å². The van der Waals surface area contributed by atoms with E-state index in [1.807, 2.05) is 72.8 Å². The zero-order valence-corrected chi connectivity index (χ0v) is 20.5. The van der Waals surface area contributed by atoms with Gasteiger partial charge in [0, 0.05) is 23.9 Å². The van der Waals surface area contributed by atoms with Gasteiger partial charge in [-0.2, -0.15) is 0 Å². The molecule has 0 saturated heterocycles. The molecule has 4 rings (SSSR count). The molecule has 0 saturated carbocycles. The third-order valence-electron chi connectivity index (χ3n) is 5.35. The molecule has 6 nitrogen and oxygen atoms in total. The highest BCUT2D eigenvalue weighted by atomic mass is 32.1. The molecule has 174 valence electrons. The van der Waals surface area contributed by atoms with E-state index in [0.717, 1.165) is 72.2 Å². The van der Waals surface area contributed by atoms with E-state index in [1.165, 1.54) is 0 Å². The standard InChI is InChI=1S/C26H28N6S2/c33-25(31-23-15-13-19-9-3-5-11-21(19)29-23)27-17-7-1-2-8-18-28-26(34)32-24-16-14-20-10-4-6-12-22(20)30-24/h3-6,9-16H,1-2,7-8,17-18H2,(H2,27,29,31,33)(H2,28,30,32,34). The van der Waals surface area contributed by atoms with E-state index in [4.69, 9.17) is 24.4 Å². The van der Waals surface area contributed by atoms with Gasteiger partial charge >= 0.3 is 0 Å². The Labute approximate surface area is 210 Å². The predicted molar refractivity (Wildman–Crippen MR) is 150 cm³/mol. The first kappa shape index (κ1) is 23.8. The second kappa shape index (κ2) is 12.2. The maximum Gasteiger partial charge on any atom is 0.171 e. The van der Waals surface area contributed by atoms with Gasteiger partial charge in [0.05, 0.1) is 11.0 Å². The molecule has 2 aromatic carbocycles. The molecule has 0 bridgehead atoms. The van der Waals surface area contributed by atoms with Crippen molar-refractivity contribution in [2.45, 2.75) is 25.7 Å². The maximum atomic E-state index is 5.39. The number of anilines is 2. The first-order valence-electron chi connectivity index (χ1n) is 11.5. The van der Waals surface area contributed by atoms with Crippen LogP contribution in [0.15, 0.2) is 72.8 Å². The summed E-state index contributed by atoms with van der Waals surface area (Å²) in [5, 5.41) is 16.3. The van der Waals surface area contributed by atoms with Crippen LogP contribution in [0.4, 0.5) is 11.6 Å². The Hall–Kier alpha value is -3.36. The van der Waals surface area contributed by atoms with Gasteiger partial charge in [0.1, 0.15) is 11.6 Å². The molecule has 0 fully saturated rings. The highest BCUT2D eigenvalue weighted by molar-refractivity contribution is 7.80. The van der Waals surface area contributed by atoms with Crippen LogP contribution in [0.25, 0.3) is 21.8 Å². The second-order valence-corrected chi connectivity index (χ2v) is 8.77. The van der Waals surface area contributed by atoms with E-state index in [0.29, 0.717) is 10.2 Å². The molecule has 4 aromatic rings. The number of pyridine rings is 2. The lowest BCUT2D eigenvalue weighted by molar-refractivity contribution is 0.625. The highest BCUT2D eigenvalue weighted by Gasteiger charge is 2.02. The number of rotatable bonds is 9. The van der Waals surface area contributed by atoms with Gasteiger partial charge in [-0.1, -0.05) is 49.2 Å². The lowest BCUT2D eigenvalue weighted by Crippen LogP contribution is -2.30. The number of hydrogen-bond donors (Lipinski definition) is 4. The number of para-hydroxylation sites is 2. The minimum Gasteiger partial charge on any atom is -0.362 e. The summed E-state index contributed by atoms with van der Waals surface area (Å²) in [6.45, 7) is 1.67. The van der Waals surface area contributed by atoms with E-state index < -0.39 is 0 Å². The fraction of sp³-hybridized carbons (Fsp3) is 0.231. The zero-order chi connectivity index (χ0) is 23.6. The van der Waals surface area contributed by atoms with Crippen molar-refractivity contribution in [3.8, 4) is 0 Å². The van der Waals surface area contributed by atoms with Gasteiger partial charge in [-0.25, -0.2) is 9.97 Å². The predicted octanol–water partition coefficient (Wildman–Crippen LogP) is 5.62. The SMILES string of the molecule is S=C(NCCCCCCNC(=S)Nc1ccc2ccccc2n1)Nc1ccc2ccccc2n1. The van der Waals surface area contributed by atoms with Gasteiger partial charge in [-0.05, 0) is 73.7 Å². The molecule has 34 heavy (non-hydrogen) atoms. The van der Waals surface area contributed by atoms with E-state index in [1.54, 1.807) is 0 Å². The van der Waals surface area contributed by atoms with Crippen molar-refractivity contribution in [3.05, 3.63) is 72.8 Å². The van der Waals surface area contributed by atoms with E-state index in [-0.39, 0.29) is 0 Å². The molecule has 2 aromatic heterocycles. The number of fused-ring (bicyclic) bond motifs is 2. The van der Waals surface area contributed by atoms with Crippen LogP contribution in [0.2, 0.25) is 0 Å². The number of nitrogens with one attached hydrogen (secondary N) is 4. The summed E-state index contributed by atoms with van der Waals surface area (Å²) in [6.07, 6.45) is 4.35. The number of unbranched alkanes of at least 4 members (excludes halogenated alkanes) is 3. The minimum atomic E-state index is 0.600. The topological polar surface area (TPSA) is 73.9 Å². The highest BCUT2D eigenvalue weighted by Crippen LogP contribution is 2.15. The van der Waals surface area contributed by atoms with E-state index in [2.05, 4.69) is 31.2 Å². The Bertz CT molecular complexity index is 1180. The van der Waals surface area contributed by atoms with Gasteiger partial charge in [-0.15, -0.1) is 0 Å². The Morgan fingerprint density at radius 3 is 1.47 bits per heavy atom. The van der Waals surface area contributed by atoms with Crippen LogP contribution in [0.3, 0.4) is 0 Å². The fourth-order valence-electron chi connectivity index (χ4n) is 3.60. The van der Waals surface area contributed by atoms with Crippen molar-refractivity contribution in [2.24, 2.45) is 0 Å². The van der Waals surface area contributed by atoms with E-state index >= 15 is 0 Å². The van der Waals surface area contributed by atoms with Crippen molar-refractivity contribution >= 4 is 68.1 Å². The number of benzene rings is 2. The Balaban J connectivity index is 1.05. The molecule has 8 heteroatoms. The lowest BCUT2D eigenvalue weighted by Gasteiger charge is -2.11. The van der Waals surface area contributed by atoms with Crippen LogP contribution in [-0.2, 0) is 0 Å². The van der Waals surface area contributed by atoms with Crippen molar-refractivity contribution in [1.82, 2.24) is 20.6 Å². The van der Waals surface area contributed by atoms with Crippen LogP contribution in [0.1, 0.15) is 25.7 Å². The number of nitrogens with zero attached hydrogens (tertiary/aromatic N) is 2. The summed E-state index contributed by atoms with van der Waals surface area (Å²) < 4.78 is 0. The summed E-state index contributed by atoms with van der Waals surface area (Å²) in [5.41, 5.74) is 1.90.